The van der Waals surface area contributed by atoms with Crippen LogP contribution in [-0.2, 0) is 11.3 Å². The molecule has 7 nitrogen and oxygen atoms in total. The lowest BCUT2D eigenvalue weighted by Crippen LogP contribution is -2.31. The number of hydrogen-bond donors (Lipinski definition) is 2. The normalized spacial score (nSPS) is 11.8. The zero-order valence-corrected chi connectivity index (χ0v) is 8.75. The largest absolute Gasteiger partial charge is 0.480 e. The van der Waals surface area contributed by atoms with Gasteiger partial charge in [0.05, 0.1) is 6.20 Å². The van der Waals surface area contributed by atoms with Gasteiger partial charge in [-0.05, 0) is 6.92 Å². The van der Waals surface area contributed by atoms with Crippen LogP contribution < -0.4 is 5.32 Å². The first kappa shape index (κ1) is 11.9. The summed E-state index contributed by atoms with van der Waals surface area (Å²) in [5, 5.41) is 18.2. The number of nitrogens with zero attached hydrogens (tertiary/aromatic N) is 3. The molecule has 1 atom stereocenters. The average molecular weight is 224 g/mol. The molecule has 0 aliphatic carbocycles. The molecule has 0 radical (unpaired) electrons. The Kier molecular flexibility index (Phi) is 3.76. The number of aliphatic carboxylic acids is 1. The van der Waals surface area contributed by atoms with Crippen molar-refractivity contribution in [2.75, 3.05) is 0 Å². The van der Waals surface area contributed by atoms with E-state index in [9.17, 15) is 9.59 Å². The first-order chi connectivity index (χ1) is 7.52. The predicted octanol–water partition coefficient (Wildman–Crippen LogP) is -0.333. The lowest BCUT2D eigenvalue weighted by Gasteiger charge is -2.05. The van der Waals surface area contributed by atoms with Gasteiger partial charge < -0.3 is 10.4 Å². The zero-order chi connectivity index (χ0) is 12.1. The summed E-state index contributed by atoms with van der Waals surface area (Å²) in [6.45, 7) is 4.95. The summed E-state index contributed by atoms with van der Waals surface area (Å²) < 4.78 is 1.08. The van der Waals surface area contributed by atoms with Gasteiger partial charge in [0.1, 0.15) is 6.54 Å². The van der Waals surface area contributed by atoms with Crippen LogP contribution in [0.2, 0.25) is 0 Å². The Morgan fingerprint density at radius 1 is 1.75 bits per heavy atom. The fourth-order valence-corrected chi connectivity index (χ4v) is 0.958. The van der Waals surface area contributed by atoms with Crippen molar-refractivity contribution in [1.29, 1.82) is 0 Å². The molecule has 86 valence electrons. The van der Waals surface area contributed by atoms with Crippen molar-refractivity contribution in [2.45, 2.75) is 19.5 Å². The van der Waals surface area contributed by atoms with Gasteiger partial charge in [-0.2, -0.15) is 0 Å². The highest BCUT2D eigenvalue weighted by Gasteiger charge is 2.12. The topological polar surface area (TPSA) is 97.1 Å². The zero-order valence-electron chi connectivity index (χ0n) is 8.75. The average Bonchev–Trinajstić information content (AvgIpc) is 2.65. The summed E-state index contributed by atoms with van der Waals surface area (Å²) in [6, 6.07) is -0.183. The molecule has 1 rings (SSSR count). The fraction of sp³-hybridized carbons (Fsp3) is 0.333. The maximum atomic E-state index is 11.5. The van der Waals surface area contributed by atoms with E-state index in [-0.39, 0.29) is 18.3 Å². The Bertz CT molecular complexity index is 413. The van der Waals surface area contributed by atoms with Crippen molar-refractivity contribution < 1.29 is 14.7 Å². The van der Waals surface area contributed by atoms with Gasteiger partial charge in [0.2, 0.25) is 0 Å². The summed E-state index contributed by atoms with van der Waals surface area (Å²) in [6.07, 6.45) is 2.85. The number of carboxylic acid groups (broad SMARTS) is 1. The molecule has 0 aliphatic rings. The third kappa shape index (κ3) is 3.19. The first-order valence-corrected chi connectivity index (χ1v) is 4.58. The monoisotopic (exact) mass is 224 g/mol. The van der Waals surface area contributed by atoms with E-state index in [1.54, 1.807) is 13.0 Å². The molecule has 0 saturated heterocycles. The molecule has 0 spiro atoms. The molecular formula is C9H12N4O3. The minimum absolute atomic E-state index is 0.0787. The number of amides is 1. The van der Waals surface area contributed by atoms with Gasteiger partial charge in [0, 0.05) is 6.04 Å². The van der Waals surface area contributed by atoms with Crippen molar-refractivity contribution in [2.24, 2.45) is 0 Å². The van der Waals surface area contributed by atoms with E-state index < -0.39 is 11.9 Å². The standard InChI is InChI=1S/C9H12N4O3/c1-3-6(2)10-9(16)7-4-13(12-11-7)5-8(14)15/h3-4,6H,1,5H2,2H3,(H,10,16)(H,14,15). The van der Waals surface area contributed by atoms with Gasteiger partial charge in [-0.25, -0.2) is 4.68 Å². The van der Waals surface area contributed by atoms with Crippen LogP contribution in [0.4, 0.5) is 0 Å². The Hall–Kier alpha value is -2.18. The van der Waals surface area contributed by atoms with Crippen molar-refractivity contribution in [3.63, 3.8) is 0 Å². The van der Waals surface area contributed by atoms with Crippen LogP contribution in [0.5, 0.6) is 0 Å². The molecule has 0 saturated carbocycles. The molecule has 1 aromatic heterocycles. The summed E-state index contributed by atoms with van der Waals surface area (Å²) >= 11 is 0. The molecule has 0 fully saturated rings. The van der Waals surface area contributed by atoms with Gasteiger partial charge >= 0.3 is 5.97 Å². The molecule has 7 heteroatoms. The van der Waals surface area contributed by atoms with Gasteiger partial charge in [0.25, 0.3) is 5.91 Å². The maximum Gasteiger partial charge on any atom is 0.325 e. The van der Waals surface area contributed by atoms with E-state index in [1.165, 1.54) is 6.20 Å². The van der Waals surface area contributed by atoms with E-state index in [0.717, 1.165) is 4.68 Å². The molecule has 0 aliphatic heterocycles. The lowest BCUT2D eigenvalue weighted by molar-refractivity contribution is -0.137. The Morgan fingerprint density at radius 2 is 2.44 bits per heavy atom. The second kappa shape index (κ2) is 5.06. The Balaban J connectivity index is 2.66. The Morgan fingerprint density at radius 3 is 3.00 bits per heavy atom. The van der Waals surface area contributed by atoms with E-state index >= 15 is 0 Å². The van der Waals surface area contributed by atoms with Gasteiger partial charge in [-0.3, -0.25) is 9.59 Å². The highest BCUT2D eigenvalue weighted by Crippen LogP contribution is 1.94. The second-order valence-electron chi connectivity index (χ2n) is 3.19. The second-order valence-corrected chi connectivity index (χ2v) is 3.19. The number of carbonyl (C=O) groups excluding carboxylic acids is 1. The Labute approximate surface area is 91.8 Å². The van der Waals surface area contributed by atoms with Gasteiger partial charge in [0.15, 0.2) is 5.69 Å². The van der Waals surface area contributed by atoms with Crippen LogP contribution in [0, 0.1) is 0 Å². The third-order valence-electron chi connectivity index (χ3n) is 1.78. The van der Waals surface area contributed by atoms with E-state index in [1.807, 2.05) is 0 Å². The number of nitrogens with one attached hydrogen (secondary N) is 1. The minimum atomic E-state index is -1.05. The summed E-state index contributed by atoms with van der Waals surface area (Å²) in [5.41, 5.74) is 0.0787. The number of aromatic nitrogens is 3. The molecule has 2 N–H and O–H groups in total. The van der Waals surface area contributed by atoms with Crippen LogP contribution in [0.15, 0.2) is 18.9 Å². The molecule has 1 aromatic rings. The van der Waals surface area contributed by atoms with Crippen LogP contribution in [0.25, 0.3) is 0 Å². The van der Waals surface area contributed by atoms with E-state index in [2.05, 4.69) is 22.2 Å². The minimum Gasteiger partial charge on any atom is -0.480 e. The number of rotatable bonds is 5. The molecule has 16 heavy (non-hydrogen) atoms. The van der Waals surface area contributed by atoms with Crippen LogP contribution >= 0.6 is 0 Å². The highest BCUT2D eigenvalue weighted by molar-refractivity contribution is 5.92. The van der Waals surface area contributed by atoms with Crippen molar-refractivity contribution in [1.82, 2.24) is 20.3 Å². The SMILES string of the molecule is C=CC(C)NC(=O)c1cn(CC(=O)O)nn1. The quantitative estimate of drug-likeness (QED) is 0.667. The van der Waals surface area contributed by atoms with Gasteiger partial charge in [-0.1, -0.05) is 11.3 Å². The smallest absolute Gasteiger partial charge is 0.325 e. The van der Waals surface area contributed by atoms with Crippen molar-refractivity contribution in [3.05, 3.63) is 24.5 Å². The maximum absolute atomic E-state index is 11.5. The highest BCUT2D eigenvalue weighted by atomic mass is 16.4. The van der Waals surface area contributed by atoms with Crippen molar-refractivity contribution in [3.8, 4) is 0 Å². The van der Waals surface area contributed by atoms with Gasteiger partial charge in [-0.15, -0.1) is 11.7 Å². The molecule has 1 heterocycles. The number of carboxylic acids is 1. The summed E-state index contributed by atoms with van der Waals surface area (Å²) in [7, 11) is 0. The molecule has 0 aromatic carbocycles. The lowest BCUT2D eigenvalue weighted by atomic mass is 10.3. The third-order valence-corrected chi connectivity index (χ3v) is 1.78. The summed E-state index contributed by atoms with van der Waals surface area (Å²) in [4.78, 5) is 21.9. The van der Waals surface area contributed by atoms with Crippen LogP contribution in [0.1, 0.15) is 17.4 Å². The predicted molar refractivity (Wildman–Crippen MR) is 54.8 cm³/mol. The molecule has 0 bridgehead atoms. The number of carbonyl (C=O) groups is 2. The van der Waals surface area contributed by atoms with Crippen molar-refractivity contribution >= 4 is 11.9 Å². The number of hydrogen-bond acceptors (Lipinski definition) is 4. The molecular weight excluding hydrogens is 212 g/mol. The first-order valence-electron chi connectivity index (χ1n) is 4.58. The fourth-order valence-electron chi connectivity index (χ4n) is 0.958. The van der Waals surface area contributed by atoms with E-state index in [4.69, 9.17) is 5.11 Å². The molecule has 1 unspecified atom stereocenters. The summed E-state index contributed by atoms with van der Waals surface area (Å²) in [5.74, 6) is -1.46. The van der Waals surface area contributed by atoms with E-state index in [0.29, 0.717) is 0 Å². The van der Waals surface area contributed by atoms with Crippen LogP contribution in [0.3, 0.4) is 0 Å². The molecule has 1 amide bonds. The van der Waals surface area contributed by atoms with Crippen LogP contribution in [-0.4, -0.2) is 38.0 Å².